The van der Waals surface area contributed by atoms with Crippen molar-refractivity contribution in [1.29, 1.82) is 0 Å². The maximum atomic E-state index is 6.18. The summed E-state index contributed by atoms with van der Waals surface area (Å²) in [6, 6.07) is 0. The summed E-state index contributed by atoms with van der Waals surface area (Å²) >= 11 is 7.99. The van der Waals surface area contributed by atoms with E-state index in [0.717, 1.165) is 18.0 Å². The maximum Gasteiger partial charge on any atom is 0.223 e. The molecule has 0 spiro atoms. The van der Waals surface area contributed by atoms with E-state index in [2.05, 4.69) is 22.2 Å². The highest BCUT2D eigenvalue weighted by Gasteiger charge is 2.17. The van der Waals surface area contributed by atoms with Gasteiger partial charge in [-0.25, -0.2) is 9.97 Å². The molecule has 0 atom stereocenters. The molecule has 2 rings (SSSR count). The Morgan fingerprint density at radius 3 is 2.89 bits per heavy atom. The molecule has 0 aliphatic heterocycles. The number of aromatic nitrogens is 2. The van der Waals surface area contributed by atoms with Crippen LogP contribution >= 0.6 is 23.4 Å². The number of halogens is 1. The van der Waals surface area contributed by atoms with Gasteiger partial charge in [-0.05, 0) is 19.3 Å². The van der Waals surface area contributed by atoms with Gasteiger partial charge in [0.15, 0.2) is 0 Å². The van der Waals surface area contributed by atoms with Crippen LogP contribution in [0.1, 0.15) is 45.4 Å². The minimum atomic E-state index is 0.671. The SMILES string of the molecule is CCCNc1ncc(Cl)c(SC2CCCCC2)n1. The molecule has 0 unspecified atom stereocenters. The summed E-state index contributed by atoms with van der Waals surface area (Å²) in [6.07, 6.45) is 9.38. The first-order valence-corrected chi connectivity index (χ1v) is 7.98. The van der Waals surface area contributed by atoms with E-state index in [0.29, 0.717) is 16.2 Å². The van der Waals surface area contributed by atoms with Crippen LogP contribution in [0.25, 0.3) is 0 Å². The zero-order valence-corrected chi connectivity index (χ0v) is 12.4. The van der Waals surface area contributed by atoms with Gasteiger partial charge in [0.05, 0.1) is 11.2 Å². The van der Waals surface area contributed by atoms with Gasteiger partial charge in [-0.15, -0.1) is 11.8 Å². The summed E-state index contributed by atoms with van der Waals surface area (Å²) < 4.78 is 0. The van der Waals surface area contributed by atoms with Crippen LogP contribution in [-0.4, -0.2) is 21.8 Å². The molecule has 0 amide bonds. The van der Waals surface area contributed by atoms with E-state index in [1.54, 1.807) is 6.20 Å². The fraction of sp³-hybridized carbons (Fsp3) is 0.692. The van der Waals surface area contributed by atoms with E-state index in [1.807, 2.05) is 11.8 Å². The van der Waals surface area contributed by atoms with Crippen molar-refractivity contribution in [3.8, 4) is 0 Å². The first-order valence-electron chi connectivity index (χ1n) is 6.72. The number of hydrogen-bond acceptors (Lipinski definition) is 4. The Morgan fingerprint density at radius 2 is 2.17 bits per heavy atom. The molecule has 0 saturated heterocycles. The number of rotatable bonds is 5. The average Bonchev–Trinajstić information content (AvgIpc) is 2.41. The van der Waals surface area contributed by atoms with Crippen molar-refractivity contribution in [2.24, 2.45) is 0 Å². The third kappa shape index (κ3) is 4.02. The highest BCUT2D eigenvalue weighted by Crippen LogP contribution is 2.35. The summed E-state index contributed by atoms with van der Waals surface area (Å²) in [5, 5.41) is 5.48. The molecule has 1 fully saturated rings. The van der Waals surface area contributed by atoms with E-state index in [-0.39, 0.29) is 0 Å². The normalized spacial score (nSPS) is 16.8. The van der Waals surface area contributed by atoms with Gasteiger partial charge in [0.1, 0.15) is 5.03 Å². The van der Waals surface area contributed by atoms with Gasteiger partial charge in [0, 0.05) is 11.8 Å². The van der Waals surface area contributed by atoms with Crippen LogP contribution in [0.3, 0.4) is 0 Å². The highest BCUT2D eigenvalue weighted by molar-refractivity contribution is 8.00. The minimum absolute atomic E-state index is 0.671. The van der Waals surface area contributed by atoms with E-state index in [1.165, 1.54) is 32.1 Å². The summed E-state index contributed by atoms with van der Waals surface area (Å²) in [5.41, 5.74) is 0. The van der Waals surface area contributed by atoms with Crippen LogP contribution < -0.4 is 5.32 Å². The minimum Gasteiger partial charge on any atom is -0.354 e. The molecular weight excluding hydrogens is 266 g/mol. The van der Waals surface area contributed by atoms with Crippen molar-refractivity contribution in [2.45, 2.75) is 55.7 Å². The lowest BCUT2D eigenvalue weighted by Crippen LogP contribution is -2.09. The first kappa shape index (κ1) is 13.9. The molecular formula is C13H20ClN3S. The molecule has 0 bridgehead atoms. The summed E-state index contributed by atoms with van der Waals surface area (Å²) in [5.74, 6) is 0.694. The molecule has 5 heteroatoms. The third-order valence-electron chi connectivity index (χ3n) is 3.08. The van der Waals surface area contributed by atoms with Crippen LogP contribution in [0.4, 0.5) is 5.95 Å². The lowest BCUT2D eigenvalue weighted by molar-refractivity contribution is 0.515. The fourth-order valence-electron chi connectivity index (χ4n) is 2.10. The molecule has 1 saturated carbocycles. The zero-order valence-electron chi connectivity index (χ0n) is 10.8. The number of hydrogen-bond donors (Lipinski definition) is 1. The quantitative estimate of drug-likeness (QED) is 0.815. The Hall–Kier alpha value is -0.480. The predicted molar refractivity (Wildman–Crippen MR) is 78.6 cm³/mol. The molecule has 3 nitrogen and oxygen atoms in total. The second-order valence-electron chi connectivity index (χ2n) is 4.65. The third-order valence-corrected chi connectivity index (χ3v) is 4.80. The molecule has 1 N–H and O–H groups in total. The number of anilines is 1. The first-order chi connectivity index (χ1) is 8.79. The van der Waals surface area contributed by atoms with Crippen LogP contribution in [0.5, 0.6) is 0 Å². The molecule has 0 aromatic carbocycles. The van der Waals surface area contributed by atoms with Crippen molar-refractivity contribution >= 4 is 29.3 Å². The topological polar surface area (TPSA) is 37.8 Å². The average molecular weight is 286 g/mol. The standard InChI is InChI=1S/C13H20ClN3S/c1-2-8-15-13-16-9-11(14)12(17-13)18-10-6-4-3-5-7-10/h9-10H,2-8H2,1H3,(H,15,16,17). The summed E-state index contributed by atoms with van der Waals surface area (Å²) in [6.45, 7) is 3.02. The molecule has 18 heavy (non-hydrogen) atoms. The maximum absolute atomic E-state index is 6.18. The lowest BCUT2D eigenvalue weighted by Gasteiger charge is -2.20. The summed E-state index contributed by atoms with van der Waals surface area (Å²) in [4.78, 5) is 8.71. The number of thioether (sulfide) groups is 1. The Balaban J connectivity index is 2.00. The molecule has 1 aliphatic rings. The van der Waals surface area contributed by atoms with Gasteiger partial charge < -0.3 is 5.32 Å². The Kier molecular flexibility index (Phi) is 5.57. The van der Waals surface area contributed by atoms with Gasteiger partial charge in [-0.3, -0.25) is 0 Å². The van der Waals surface area contributed by atoms with Gasteiger partial charge in [0.25, 0.3) is 0 Å². The lowest BCUT2D eigenvalue weighted by atomic mass is 10.0. The fourth-order valence-corrected chi connectivity index (χ4v) is 3.51. The van der Waals surface area contributed by atoms with Crippen LogP contribution in [0, 0.1) is 0 Å². The molecule has 1 aromatic rings. The van der Waals surface area contributed by atoms with Crippen molar-refractivity contribution < 1.29 is 0 Å². The number of nitrogens with zero attached hydrogens (tertiary/aromatic N) is 2. The van der Waals surface area contributed by atoms with E-state index < -0.39 is 0 Å². The van der Waals surface area contributed by atoms with Crippen molar-refractivity contribution in [1.82, 2.24) is 9.97 Å². The van der Waals surface area contributed by atoms with Crippen LogP contribution in [-0.2, 0) is 0 Å². The largest absolute Gasteiger partial charge is 0.354 e. The van der Waals surface area contributed by atoms with Crippen LogP contribution in [0.15, 0.2) is 11.2 Å². The van der Waals surface area contributed by atoms with Crippen molar-refractivity contribution in [2.75, 3.05) is 11.9 Å². The molecule has 100 valence electrons. The Morgan fingerprint density at radius 1 is 1.39 bits per heavy atom. The number of nitrogens with one attached hydrogen (secondary N) is 1. The monoisotopic (exact) mass is 285 g/mol. The second-order valence-corrected chi connectivity index (χ2v) is 6.35. The van der Waals surface area contributed by atoms with Gasteiger partial charge >= 0.3 is 0 Å². The van der Waals surface area contributed by atoms with E-state index in [4.69, 9.17) is 11.6 Å². The summed E-state index contributed by atoms with van der Waals surface area (Å²) in [7, 11) is 0. The van der Waals surface area contributed by atoms with Gasteiger partial charge in [-0.2, -0.15) is 0 Å². The molecule has 0 radical (unpaired) electrons. The highest BCUT2D eigenvalue weighted by atomic mass is 35.5. The van der Waals surface area contributed by atoms with Gasteiger partial charge in [0.2, 0.25) is 5.95 Å². The Labute approximate surface area is 118 Å². The molecule has 1 heterocycles. The molecule has 1 aromatic heterocycles. The Bertz CT molecular complexity index is 380. The predicted octanol–water partition coefficient (Wildman–Crippen LogP) is 4.38. The molecule has 1 aliphatic carbocycles. The van der Waals surface area contributed by atoms with E-state index >= 15 is 0 Å². The second kappa shape index (κ2) is 7.19. The smallest absolute Gasteiger partial charge is 0.223 e. The van der Waals surface area contributed by atoms with E-state index in [9.17, 15) is 0 Å². The zero-order chi connectivity index (χ0) is 12.8. The van der Waals surface area contributed by atoms with Crippen molar-refractivity contribution in [3.63, 3.8) is 0 Å². The van der Waals surface area contributed by atoms with Crippen LogP contribution in [0.2, 0.25) is 5.02 Å². The van der Waals surface area contributed by atoms with Crippen molar-refractivity contribution in [3.05, 3.63) is 11.2 Å². The van der Waals surface area contributed by atoms with Gasteiger partial charge in [-0.1, -0.05) is 37.8 Å².